The summed E-state index contributed by atoms with van der Waals surface area (Å²) in [5, 5.41) is 29.6. The van der Waals surface area contributed by atoms with Crippen molar-refractivity contribution in [2.24, 2.45) is 5.41 Å². The highest BCUT2D eigenvalue weighted by Crippen LogP contribution is 2.46. The van der Waals surface area contributed by atoms with Crippen molar-refractivity contribution < 1.29 is 24.9 Å². The molecule has 0 spiro atoms. The number of hydrogen-bond donors (Lipinski definition) is 3. The summed E-state index contributed by atoms with van der Waals surface area (Å²) in [6.45, 7) is 4.17. The standard InChI is InChI=1S/C15H18O5/c1-15(2)4-8-9(5-15)13(17)10-6-20-11(16)3-7(10)12(8)14(18)19/h11,16-17H,3-6H2,1-2H3,(H,18,19). The summed E-state index contributed by atoms with van der Waals surface area (Å²) >= 11 is 0. The van der Waals surface area contributed by atoms with Crippen LogP contribution in [0.1, 0.15) is 46.5 Å². The molecule has 1 atom stereocenters. The van der Waals surface area contributed by atoms with Gasteiger partial charge in [0, 0.05) is 12.0 Å². The van der Waals surface area contributed by atoms with Crippen molar-refractivity contribution in [2.45, 2.75) is 46.0 Å². The Balaban J connectivity index is 2.28. The molecule has 5 heteroatoms. The second-order valence-electron chi connectivity index (χ2n) is 6.43. The molecule has 1 aromatic rings. The molecule has 3 rings (SSSR count). The van der Waals surface area contributed by atoms with Gasteiger partial charge in [-0.05, 0) is 34.9 Å². The van der Waals surface area contributed by atoms with Gasteiger partial charge in [0.05, 0.1) is 12.2 Å². The first-order valence-electron chi connectivity index (χ1n) is 6.71. The lowest BCUT2D eigenvalue weighted by atomic mass is 9.88. The number of phenolic OH excluding ortho intramolecular Hbond substituents is 1. The van der Waals surface area contributed by atoms with Gasteiger partial charge in [-0.3, -0.25) is 0 Å². The molecule has 108 valence electrons. The lowest BCUT2D eigenvalue weighted by molar-refractivity contribution is -0.115. The van der Waals surface area contributed by atoms with E-state index < -0.39 is 12.3 Å². The molecule has 1 unspecified atom stereocenters. The maximum atomic E-state index is 11.7. The largest absolute Gasteiger partial charge is 0.507 e. The van der Waals surface area contributed by atoms with Crippen molar-refractivity contribution in [3.8, 4) is 5.75 Å². The topological polar surface area (TPSA) is 87.0 Å². The molecule has 0 amide bonds. The van der Waals surface area contributed by atoms with E-state index in [0.717, 1.165) is 5.56 Å². The van der Waals surface area contributed by atoms with Gasteiger partial charge in [0.1, 0.15) is 5.75 Å². The molecular weight excluding hydrogens is 260 g/mol. The van der Waals surface area contributed by atoms with E-state index in [-0.39, 0.29) is 29.8 Å². The number of hydrogen-bond acceptors (Lipinski definition) is 4. The second kappa shape index (κ2) is 4.20. The fraction of sp³-hybridized carbons (Fsp3) is 0.533. The molecule has 0 bridgehead atoms. The molecule has 0 radical (unpaired) electrons. The van der Waals surface area contributed by atoms with Crippen LogP contribution in [0.25, 0.3) is 0 Å². The van der Waals surface area contributed by atoms with Gasteiger partial charge >= 0.3 is 5.97 Å². The number of aromatic hydroxyl groups is 1. The first-order chi connectivity index (χ1) is 9.30. The van der Waals surface area contributed by atoms with Crippen LogP contribution in [0.4, 0.5) is 0 Å². The lowest BCUT2D eigenvalue weighted by Crippen LogP contribution is -2.25. The summed E-state index contributed by atoms with van der Waals surface area (Å²) in [7, 11) is 0. The zero-order valence-corrected chi connectivity index (χ0v) is 11.6. The number of benzene rings is 1. The molecule has 0 saturated carbocycles. The average molecular weight is 278 g/mol. The van der Waals surface area contributed by atoms with Crippen molar-refractivity contribution in [1.82, 2.24) is 0 Å². The molecule has 0 saturated heterocycles. The fourth-order valence-electron chi connectivity index (χ4n) is 3.41. The van der Waals surface area contributed by atoms with Crippen molar-refractivity contribution in [3.05, 3.63) is 27.8 Å². The molecule has 5 nitrogen and oxygen atoms in total. The van der Waals surface area contributed by atoms with Gasteiger partial charge in [0.2, 0.25) is 0 Å². The molecular formula is C15H18O5. The quantitative estimate of drug-likeness (QED) is 0.726. The van der Waals surface area contributed by atoms with Crippen LogP contribution in [-0.4, -0.2) is 27.6 Å². The van der Waals surface area contributed by atoms with Gasteiger partial charge in [0.15, 0.2) is 6.29 Å². The smallest absolute Gasteiger partial charge is 0.336 e. The maximum Gasteiger partial charge on any atom is 0.336 e. The van der Waals surface area contributed by atoms with Crippen LogP contribution in [0.2, 0.25) is 0 Å². The highest BCUT2D eigenvalue weighted by molar-refractivity contribution is 5.93. The molecule has 0 aromatic heterocycles. The number of fused-ring (bicyclic) bond motifs is 2. The number of aliphatic hydroxyl groups excluding tert-OH is 1. The van der Waals surface area contributed by atoms with Crippen LogP contribution in [0.15, 0.2) is 0 Å². The predicted octanol–water partition coefficient (Wildman–Crippen LogP) is 1.61. The van der Waals surface area contributed by atoms with Crippen LogP contribution in [0, 0.1) is 5.41 Å². The van der Waals surface area contributed by atoms with Crippen molar-refractivity contribution in [2.75, 3.05) is 0 Å². The first kappa shape index (κ1) is 13.4. The Kier molecular flexibility index (Phi) is 2.81. The van der Waals surface area contributed by atoms with Gasteiger partial charge in [-0.2, -0.15) is 0 Å². The highest BCUT2D eigenvalue weighted by Gasteiger charge is 2.38. The molecule has 0 fully saturated rings. The van der Waals surface area contributed by atoms with Gasteiger partial charge in [-0.1, -0.05) is 13.8 Å². The van der Waals surface area contributed by atoms with E-state index >= 15 is 0 Å². The number of carboxylic acids is 1. The van der Waals surface area contributed by atoms with Gasteiger partial charge in [-0.15, -0.1) is 0 Å². The van der Waals surface area contributed by atoms with Crippen LogP contribution in [-0.2, 0) is 30.6 Å². The Morgan fingerprint density at radius 1 is 1.20 bits per heavy atom. The SMILES string of the molecule is CC1(C)Cc2c(O)c3c(c(C(=O)O)c2C1)CC(O)OC3. The normalized spacial score (nSPS) is 23.2. The van der Waals surface area contributed by atoms with E-state index in [1.807, 2.05) is 0 Å². The van der Waals surface area contributed by atoms with Crippen molar-refractivity contribution in [3.63, 3.8) is 0 Å². The Hall–Kier alpha value is -1.59. The minimum atomic E-state index is -1.01. The third-order valence-corrected chi connectivity index (χ3v) is 4.23. The van der Waals surface area contributed by atoms with Crippen LogP contribution in [0.3, 0.4) is 0 Å². The summed E-state index contributed by atoms with van der Waals surface area (Å²) in [4.78, 5) is 11.7. The monoisotopic (exact) mass is 278 g/mol. The first-order valence-corrected chi connectivity index (χ1v) is 6.71. The summed E-state index contributed by atoms with van der Waals surface area (Å²) in [6, 6.07) is 0. The van der Waals surface area contributed by atoms with E-state index in [4.69, 9.17) is 4.74 Å². The van der Waals surface area contributed by atoms with Gasteiger partial charge in [-0.25, -0.2) is 4.79 Å². The van der Waals surface area contributed by atoms with E-state index in [1.54, 1.807) is 0 Å². The van der Waals surface area contributed by atoms with Crippen LogP contribution in [0.5, 0.6) is 5.75 Å². The summed E-state index contributed by atoms with van der Waals surface area (Å²) in [6.07, 6.45) is 0.386. The number of ether oxygens (including phenoxy) is 1. The Morgan fingerprint density at radius 2 is 1.85 bits per heavy atom. The third kappa shape index (κ3) is 1.89. The number of aromatic carboxylic acids is 1. The summed E-state index contributed by atoms with van der Waals surface area (Å²) in [5.74, 6) is -0.846. The lowest BCUT2D eigenvalue weighted by Gasteiger charge is -2.26. The van der Waals surface area contributed by atoms with E-state index in [1.165, 1.54) is 0 Å². The van der Waals surface area contributed by atoms with E-state index in [9.17, 15) is 20.1 Å². The zero-order chi connectivity index (χ0) is 14.7. The van der Waals surface area contributed by atoms with E-state index in [0.29, 0.717) is 29.5 Å². The highest BCUT2D eigenvalue weighted by atomic mass is 16.6. The molecule has 1 aliphatic carbocycles. The average Bonchev–Trinajstić information content (AvgIpc) is 2.64. The van der Waals surface area contributed by atoms with Gasteiger partial charge < -0.3 is 20.1 Å². The number of carbonyl (C=O) groups is 1. The van der Waals surface area contributed by atoms with Crippen molar-refractivity contribution in [1.29, 1.82) is 0 Å². The second-order valence-corrected chi connectivity index (χ2v) is 6.43. The molecule has 1 heterocycles. The molecule has 1 aliphatic heterocycles. The number of carboxylic acid groups (broad SMARTS) is 1. The Bertz CT molecular complexity index is 603. The molecule has 2 aliphatic rings. The summed E-state index contributed by atoms with van der Waals surface area (Å²) < 4.78 is 5.13. The maximum absolute atomic E-state index is 11.7. The van der Waals surface area contributed by atoms with Crippen LogP contribution >= 0.6 is 0 Å². The summed E-state index contributed by atoms with van der Waals surface area (Å²) in [5.41, 5.74) is 2.67. The minimum absolute atomic E-state index is 0.0519. The third-order valence-electron chi connectivity index (χ3n) is 4.23. The number of aliphatic hydroxyl groups is 1. The Labute approximate surface area is 116 Å². The molecule has 1 aromatic carbocycles. The van der Waals surface area contributed by atoms with E-state index in [2.05, 4.69) is 13.8 Å². The number of rotatable bonds is 1. The van der Waals surface area contributed by atoms with Gasteiger partial charge in [0.25, 0.3) is 0 Å². The van der Waals surface area contributed by atoms with Crippen molar-refractivity contribution >= 4 is 5.97 Å². The minimum Gasteiger partial charge on any atom is -0.507 e. The molecule has 3 N–H and O–H groups in total. The molecule has 20 heavy (non-hydrogen) atoms. The zero-order valence-electron chi connectivity index (χ0n) is 11.6. The fourth-order valence-corrected chi connectivity index (χ4v) is 3.41. The Morgan fingerprint density at radius 3 is 2.50 bits per heavy atom. The predicted molar refractivity (Wildman–Crippen MR) is 70.8 cm³/mol. The number of phenols is 1. The van der Waals surface area contributed by atoms with Crippen LogP contribution < -0.4 is 0 Å².